The SMILES string of the molecule is [B]N(C)C(C)C(C)N(C)C. The lowest BCUT2D eigenvalue weighted by atomic mass is 10.1. The first kappa shape index (κ1) is 9.98. The quantitative estimate of drug-likeness (QED) is 0.521. The third kappa shape index (κ3) is 2.71. The molecule has 0 rings (SSSR count). The molecule has 0 aliphatic rings. The van der Waals surface area contributed by atoms with Crippen molar-refractivity contribution in [3.8, 4) is 0 Å². The van der Waals surface area contributed by atoms with Gasteiger partial charge in [-0.3, -0.25) is 0 Å². The molecule has 3 heteroatoms. The van der Waals surface area contributed by atoms with E-state index in [-0.39, 0.29) is 0 Å². The normalized spacial score (nSPS) is 17.9. The predicted molar refractivity (Wildman–Crippen MR) is 46.1 cm³/mol. The van der Waals surface area contributed by atoms with Gasteiger partial charge in [-0.15, -0.1) is 0 Å². The Morgan fingerprint density at radius 3 is 1.50 bits per heavy atom. The van der Waals surface area contributed by atoms with Crippen molar-refractivity contribution < 1.29 is 0 Å². The molecular weight excluding hydrogens is 123 g/mol. The molecular formula is C7H17BN2. The third-order valence-electron chi connectivity index (χ3n) is 2.16. The van der Waals surface area contributed by atoms with Crippen molar-refractivity contribution in [3.05, 3.63) is 0 Å². The summed E-state index contributed by atoms with van der Waals surface area (Å²) in [7, 11) is 11.6. The first-order valence-electron chi connectivity index (χ1n) is 3.60. The first-order valence-corrected chi connectivity index (χ1v) is 3.60. The summed E-state index contributed by atoms with van der Waals surface area (Å²) in [6, 6.07) is 0.894. The maximum absolute atomic E-state index is 5.58. The van der Waals surface area contributed by atoms with Gasteiger partial charge in [-0.25, -0.2) is 0 Å². The van der Waals surface area contributed by atoms with Gasteiger partial charge in [-0.05, 0) is 35.0 Å². The highest BCUT2D eigenvalue weighted by molar-refractivity contribution is 6.04. The fraction of sp³-hybridized carbons (Fsp3) is 1.00. The van der Waals surface area contributed by atoms with E-state index in [1.54, 1.807) is 4.81 Å². The van der Waals surface area contributed by atoms with Gasteiger partial charge >= 0.3 is 0 Å². The fourth-order valence-corrected chi connectivity index (χ4v) is 0.772. The molecule has 2 nitrogen and oxygen atoms in total. The first-order chi connectivity index (χ1) is 4.46. The van der Waals surface area contributed by atoms with Crippen LogP contribution >= 0.6 is 0 Å². The highest BCUT2D eigenvalue weighted by Gasteiger charge is 2.14. The smallest absolute Gasteiger partial charge is 0.182 e. The van der Waals surface area contributed by atoms with Crippen molar-refractivity contribution in [2.45, 2.75) is 25.9 Å². The van der Waals surface area contributed by atoms with Crippen molar-refractivity contribution in [2.24, 2.45) is 0 Å². The van der Waals surface area contributed by atoms with Crippen molar-refractivity contribution >= 4 is 7.98 Å². The molecule has 0 N–H and O–H groups in total. The van der Waals surface area contributed by atoms with Gasteiger partial charge in [0, 0.05) is 12.1 Å². The molecule has 2 radical (unpaired) electrons. The zero-order chi connectivity index (χ0) is 8.31. The Labute approximate surface area is 65.6 Å². The van der Waals surface area contributed by atoms with E-state index in [1.165, 1.54) is 0 Å². The van der Waals surface area contributed by atoms with E-state index in [4.69, 9.17) is 7.98 Å². The molecule has 0 fully saturated rings. The van der Waals surface area contributed by atoms with Gasteiger partial charge in [0.1, 0.15) is 0 Å². The van der Waals surface area contributed by atoms with Gasteiger partial charge in [-0.1, -0.05) is 0 Å². The van der Waals surface area contributed by atoms with Gasteiger partial charge in [0.2, 0.25) is 0 Å². The summed E-state index contributed by atoms with van der Waals surface area (Å²) >= 11 is 0. The second kappa shape index (κ2) is 3.99. The Morgan fingerprint density at radius 1 is 1.00 bits per heavy atom. The number of rotatable bonds is 3. The molecule has 0 bridgehead atoms. The molecule has 0 amide bonds. The van der Waals surface area contributed by atoms with Crippen LogP contribution in [0.5, 0.6) is 0 Å². The Hall–Kier alpha value is -0.0151. The van der Waals surface area contributed by atoms with E-state index < -0.39 is 0 Å². The molecule has 2 unspecified atom stereocenters. The lowest BCUT2D eigenvalue weighted by molar-refractivity contribution is 0.215. The van der Waals surface area contributed by atoms with Crippen LogP contribution in [0.15, 0.2) is 0 Å². The Kier molecular flexibility index (Phi) is 3.98. The van der Waals surface area contributed by atoms with E-state index in [9.17, 15) is 0 Å². The number of hydrogen-bond acceptors (Lipinski definition) is 2. The van der Waals surface area contributed by atoms with Gasteiger partial charge in [-0.2, -0.15) is 0 Å². The number of likely N-dealkylation sites (N-methyl/N-ethyl adjacent to an activating group) is 2. The van der Waals surface area contributed by atoms with Crippen molar-refractivity contribution in [1.29, 1.82) is 0 Å². The minimum Gasteiger partial charge on any atom is -0.353 e. The fourth-order valence-electron chi connectivity index (χ4n) is 0.772. The molecule has 0 aromatic carbocycles. The van der Waals surface area contributed by atoms with Crippen LogP contribution in [0.4, 0.5) is 0 Å². The van der Waals surface area contributed by atoms with E-state index in [0.717, 1.165) is 0 Å². The molecule has 0 heterocycles. The Morgan fingerprint density at radius 2 is 1.40 bits per heavy atom. The molecule has 10 heavy (non-hydrogen) atoms. The molecule has 0 saturated heterocycles. The van der Waals surface area contributed by atoms with Crippen LogP contribution in [-0.2, 0) is 0 Å². The largest absolute Gasteiger partial charge is 0.353 e. The number of nitrogens with zero attached hydrogens (tertiary/aromatic N) is 2. The summed E-state index contributed by atoms with van der Waals surface area (Å²) in [5.41, 5.74) is 0. The topological polar surface area (TPSA) is 6.48 Å². The standard InChI is InChI=1S/C7H17BN2/c1-6(9(3)4)7(2)10(5)8/h6-7H,1-5H3. The summed E-state index contributed by atoms with van der Waals surface area (Å²) in [6.07, 6.45) is 0. The minimum atomic E-state index is 0.398. The number of hydrogen-bond donors (Lipinski definition) is 0. The lowest BCUT2D eigenvalue weighted by Gasteiger charge is -2.31. The predicted octanol–water partition coefficient (Wildman–Crippen LogP) is 0.340. The average Bonchev–Trinajstić information content (AvgIpc) is 1.84. The molecule has 0 aliphatic carbocycles. The van der Waals surface area contributed by atoms with E-state index in [2.05, 4.69) is 32.8 Å². The summed E-state index contributed by atoms with van der Waals surface area (Å²) in [5.74, 6) is 0. The molecule has 0 aromatic heterocycles. The van der Waals surface area contributed by atoms with Crippen LogP contribution in [0.3, 0.4) is 0 Å². The second-order valence-electron chi connectivity index (χ2n) is 3.11. The highest BCUT2D eigenvalue weighted by atomic mass is 15.2. The summed E-state index contributed by atoms with van der Waals surface area (Å²) < 4.78 is 0. The van der Waals surface area contributed by atoms with E-state index in [1.807, 2.05) is 7.05 Å². The van der Waals surface area contributed by atoms with E-state index in [0.29, 0.717) is 12.1 Å². The minimum absolute atomic E-state index is 0.398. The molecule has 2 atom stereocenters. The zero-order valence-electron chi connectivity index (χ0n) is 7.63. The summed E-state index contributed by atoms with van der Waals surface area (Å²) in [5, 5.41) is 0. The maximum Gasteiger partial charge on any atom is 0.182 e. The third-order valence-corrected chi connectivity index (χ3v) is 2.16. The van der Waals surface area contributed by atoms with Gasteiger partial charge in [0.25, 0.3) is 0 Å². The van der Waals surface area contributed by atoms with Crippen molar-refractivity contribution in [1.82, 2.24) is 9.71 Å². The monoisotopic (exact) mass is 140 g/mol. The van der Waals surface area contributed by atoms with Gasteiger partial charge in [0.05, 0.1) is 0 Å². The van der Waals surface area contributed by atoms with Crippen LogP contribution in [0.1, 0.15) is 13.8 Å². The molecule has 0 saturated carbocycles. The molecule has 0 aromatic rings. The van der Waals surface area contributed by atoms with E-state index >= 15 is 0 Å². The molecule has 0 spiro atoms. The lowest BCUT2D eigenvalue weighted by Crippen LogP contribution is -2.43. The second-order valence-corrected chi connectivity index (χ2v) is 3.11. The van der Waals surface area contributed by atoms with Gasteiger partial charge in [0.15, 0.2) is 7.98 Å². The highest BCUT2D eigenvalue weighted by Crippen LogP contribution is 2.02. The van der Waals surface area contributed by atoms with Crippen LogP contribution in [0, 0.1) is 0 Å². The zero-order valence-corrected chi connectivity index (χ0v) is 7.63. The van der Waals surface area contributed by atoms with Crippen LogP contribution in [-0.4, -0.2) is 50.9 Å². The van der Waals surface area contributed by atoms with Crippen LogP contribution in [0.2, 0.25) is 0 Å². The molecule has 0 aliphatic heterocycles. The molecule has 58 valence electrons. The maximum atomic E-state index is 5.58. The Balaban J connectivity index is 3.81. The van der Waals surface area contributed by atoms with Crippen molar-refractivity contribution in [3.63, 3.8) is 0 Å². The van der Waals surface area contributed by atoms with Crippen LogP contribution < -0.4 is 0 Å². The summed E-state index contributed by atoms with van der Waals surface area (Å²) in [6.45, 7) is 4.28. The van der Waals surface area contributed by atoms with Gasteiger partial charge < -0.3 is 9.71 Å². The summed E-state index contributed by atoms with van der Waals surface area (Å²) in [4.78, 5) is 3.90. The average molecular weight is 140 g/mol. The van der Waals surface area contributed by atoms with Crippen LogP contribution in [0.25, 0.3) is 0 Å². The van der Waals surface area contributed by atoms with Crippen molar-refractivity contribution in [2.75, 3.05) is 21.1 Å². The Bertz CT molecular complexity index is 81.6.